The van der Waals surface area contributed by atoms with Crippen LogP contribution in [0.5, 0.6) is 0 Å². The first-order chi connectivity index (χ1) is 6.52. The molecule has 1 amide bonds. The number of rotatable bonds is 6. The number of amides is 1. The van der Waals surface area contributed by atoms with Gasteiger partial charge in [0.05, 0.1) is 6.04 Å². The molecule has 4 nitrogen and oxygen atoms in total. The molecule has 0 aromatic heterocycles. The number of hydrogen-bond acceptors (Lipinski definition) is 3. The molecule has 0 spiro atoms. The number of hydrogen-bond donors (Lipinski definition) is 1. The number of likely N-dealkylation sites (N-methyl/N-ethyl adjacent to an activating group) is 1. The van der Waals surface area contributed by atoms with Crippen molar-refractivity contribution in [2.45, 2.75) is 32.7 Å². The molecule has 1 unspecified atom stereocenters. The fourth-order valence-corrected chi connectivity index (χ4v) is 1.14. The molecule has 82 valence electrons. The van der Waals surface area contributed by atoms with E-state index in [1.165, 1.54) is 0 Å². The number of carbonyl (C=O) groups is 2. The summed E-state index contributed by atoms with van der Waals surface area (Å²) >= 11 is 0. The lowest BCUT2D eigenvalue weighted by Gasteiger charge is -2.22. The van der Waals surface area contributed by atoms with Gasteiger partial charge in [-0.2, -0.15) is 0 Å². The van der Waals surface area contributed by atoms with E-state index in [2.05, 4.69) is 5.32 Å². The predicted octanol–water partition coefficient (Wildman–Crippen LogP) is 0.422. The van der Waals surface area contributed by atoms with E-state index in [0.29, 0.717) is 19.4 Å². The third-order valence-electron chi connectivity index (χ3n) is 2.45. The Balaban J connectivity index is 3.89. The number of nitrogens with one attached hydrogen (secondary N) is 1. The number of nitrogens with zero attached hydrogens (tertiary/aromatic N) is 1. The zero-order valence-corrected chi connectivity index (χ0v) is 9.46. The van der Waals surface area contributed by atoms with Crippen molar-refractivity contribution in [3.63, 3.8) is 0 Å². The molecule has 0 bridgehead atoms. The minimum atomic E-state index is -0.0929. The molecular formula is C10H20N2O2. The van der Waals surface area contributed by atoms with E-state index in [-0.39, 0.29) is 17.7 Å². The maximum Gasteiger partial charge on any atom is 0.221 e. The highest BCUT2D eigenvalue weighted by Gasteiger charge is 2.16. The van der Waals surface area contributed by atoms with Crippen LogP contribution in [0.15, 0.2) is 0 Å². The predicted molar refractivity (Wildman–Crippen MR) is 56.1 cm³/mol. The largest absolute Gasteiger partial charge is 0.359 e. The molecule has 0 aromatic carbocycles. The van der Waals surface area contributed by atoms with Crippen LogP contribution < -0.4 is 5.32 Å². The summed E-state index contributed by atoms with van der Waals surface area (Å²) in [6.45, 7) is 4.34. The molecule has 0 radical (unpaired) electrons. The molecule has 0 heterocycles. The number of carbonyl (C=O) groups excluding carboxylic acids is 2. The van der Waals surface area contributed by atoms with Crippen molar-refractivity contribution < 1.29 is 9.59 Å². The molecule has 0 aliphatic heterocycles. The Bertz CT molecular complexity index is 204. The van der Waals surface area contributed by atoms with Gasteiger partial charge in [-0.1, -0.05) is 6.92 Å². The van der Waals surface area contributed by atoms with Gasteiger partial charge in [0.1, 0.15) is 5.78 Å². The monoisotopic (exact) mass is 200 g/mol. The van der Waals surface area contributed by atoms with E-state index >= 15 is 0 Å². The van der Waals surface area contributed by atoms with Crippen LogP contribution in [0.1, 0.15) is 26.7 Å². The zero-order valence-electron chi connectivity index (χ0n) is 9.46. The van der Waals surface area contributed by atoms with Gasteiger partial charge in [0, 0.05) is 26.4 Å². The Hall–Kier alpha value is -0.900. The summed E-state index contributed by atoms with van der Waals surface area (Å²) < 4.78 is 0. The molecule has 1 N–H and O–H groups in total. The van der Waals surface area contributed by atoms with Gasteiger partial charge in [-0.25, -0.2) is 0 Å². The van der Waals surface area contributed by atoms with Crippen LogP contribution >= 0.6 is 0 Å². The van der Waals surface area contributed by atoms with Gasteiger partial charge in [-0.15, -0.1) is 0 Å². The van der Waals surface area contributed by atoms with Crippen molar-refractivity contribution in [3.05, 3.63) is 0 Å². The van der Waals surface area contributed by atoms with Gasteiger partial charge in [-0.3, -0.25) is 14.5 Å². The normalized spacial score (nSPS) is 12.6. The standard InChI is InChI=1S/C10H20N2O2/c1-5-9(13)8(2)12(4)7-6-10(14)11-3/h8H,5-7H2,1-4H3,(H,11,14). The van der Waals surface area contributed by atoms with E-state index in [0.717, 1.165) is 0 Å². The van der Waals surface area contributed by atoms with Gasteiger partial charge >= 0.3 is 0 Å². The van der Waals surface area contributed by atoms with Crippen LogP contribution in [0.3, 0.4) is 0 Å². The molecule has 0 saturated carbocycles. The first kappa shape index (κ1) is 13.1. The summed E-state index contributed by atoms with van der Waals surface area (Å²) in [5.74, 6) is 0.220. The van der Waals surface area contributed by atoms with Crippen molar-refractivity contribution in [2.24, 2.45) is 0 Å². The van der Waals surface area contributed by atoms with Crippen LogP contribution in [0.4, 0.5) is 0 Å². The second-order valence-corrected chi connectivity index (χ2v) is 3.40. The van der Waals surface area contributed by atoms with Gasteiger partial charge in [-0.05, 0) is 14.0 Å². The Labute approximate surface area is 85.7 Å². The summed E-state index contributed by atoms with van der Waals surface area (Å²) in [6, 6.07) is -0.0929. The lowest BCUT2D eigenvalue weighted by atomic mass is 10.1. The second kappa shape index (κ2) is 6.54. The molecule has 0 aliphatic rings. The summed E-state index contributed by atoms with van der Waals surface area (Å²) in [6.07, 6.45) is 0.986. The van der Waals surface area contributed by atoms with Crippen LogP contribution in [0.2, 0.25) is 0 Å². The fourth-order valence-electron chi connectivity index (χ4n) is 1.14. The van der Waals surface area contributed by atoms with Crippen molar-refractivity contribution in [3.8, 4) is 0 Å². The fraction of sp³-hybridized carbons (Fsp3) is 0.800. The van der Waals surface area contributed by atoms with Gasteiger partial charge < -0.3 is 5.32 Å². The van der Waals surface area contributed by atoms with E-state index in [1.54, 1.807) is 7.05 Å². The van der Waals surface area contributed by atoms with Crippen molar-refractivity contribution in [2.75, 3.05) is 20.6 Å². The van der Waals surface area contributed by atoms with Crippen LogP contribution in [-0.4, -0.2) is 43.3 Å². The quantitative estimate of drug-likeness (QED) is 0.676. The molecule has 0 aliphatic carbocycles. The summed E-state index contributed by atoms with van der Waals surface area (Å²) in [4.78, 5) is 24.2. The van der Waals surface area contributed by atoms with Crippen molar-refractivity contribution >= 4 is 11.7 Å². The molecule has 14 heavy (non-hydrogen) atoms. The smallest absolute Gasteiger partial charge is 0.221 e. The van der Waals surface area contributed by atoms with Crippen molar-refractivity contribution in [1.82, 2.24) is 10.2 Å². The maximum atomic E-state index is 11.3. The highest BCUT2D eigenvalue weighted by atomic mass is 16.1. The molecule has 0 rings (SSSR count). The number of ketones is 1. The highest BCUT2D eigenvalue weighted by Crippen LogP contribution is 2.00. The molecule has 0 aromatic rings. The number of Topliss-reactive ketones (excluding diaryl/α,β-unsaturated/α-hetero) is 1. The van der Waals surface area contributed by atoms with Crippen LogP contribution in [0.25, 0.3) is 0 Å². The van der Waals surface area contributed by atoms with E-state index in [9.17, 15) is 9.59 Å². The van der Waals surface area contributed by atoms with Crippen LogP contribution in [0, 0.1) is 0 Å². The van der Waals surface area contributed by atoms with E-state index < -0.39 is 0 Å². The SMILES string of the molecule is CCC(=O)C(C)N(C)CCC(=O)NC. The molecule has 4 heteroatoms. The Kier molecular flexibility index (Phi) is 6.12. The topological polar surface area (TPSA) is 49.4 Å². The van der Waals surface area contributed by atoms with Crippen LogP contribution in [-0.2, 0) is 9.59 Å². The van der Waals surface area contributed by atoms with Gasteiger partial charge in [0.25, 0.3) is 0 Å². The molecule has 0 saturated heterocycles. The lowest BCUT2D eigenvalue weighted by molar-refractivity contribution is -0.125. The maximum absolute atomic E-state index is 11.3. The molecule has 1 atom stereocenters. The van der Waals surface area contributed by atoms with Crippen molar-refractivity contribution in [1.29, 1.82) is 0 Å². The summed E-state index contributed by atoms with van der Waals surface area (Å²) in [5, 5.41) is 2.55. The first-order valence-electron chi connectivity index (χ1n) is 4.96. The summed E-state index contributed by atoms with van der Waals surface area (Å²) in [7, 11) is 3.48. The summed E-state index contributed by atoms with van der Waals surface area (Å²) in [5.41, 5.74) is 0. The zero-order chi connectivity index (χ0) is 11.1. The highest BCUT2D eigenvalue weighted by molar-refractivity contribution is 5.83. The van der Waals surface area contributed by atoms with E-state index in [1.807, 2.05) is 25.8 Å². The Morgan fingerprint density at radius 3 is 2.43 bits per heavy atom. The minimum absolute atomic E-state index is 0.00741. The first-order valence-corrected chi connectivity index (χ1v) is 4.96. The second-order valence-electron chi connectivity index (χ2n) is 3.40. The minimum Gasteiger partial charge on any atom is -0.359 e. The van der Waals surface area contributed by atoms with Gasteiger partial charge in [0.15, 0.2) is 0 Å². The average molecular weight is 200 g/mol. The van der Waals surface area contributed by atoms with E-state index in [4.69, 9.17) is 0 Å². The third kappa shape index (κ3) is 4.37. The van der Waals surface area contributed by atoms with Gasteiger partial charge in [0.2, 0.25) is 5.91 Å². The average Bonchev–Trinajstić information content (AvgIpc) is 2.22. The Morgan fingerprint density at radius 1 is 1.43 bits per heavy atom. The molecule has 0 fully saturated rings. The Morgan fingerprint density at radius 2 is 2.00 bits per heavy atom. The molecular weight excluding hydrogens is 180 g/mol. The lowest BCUT2D eigenvalue weighted by Crippen LogP contribution is -2.37. The third-order valence-corrected chi connectivity index (χ3v) is 2.45.